The molecule has 7 heteroatoms. The Balaban J connectivity index is 0.00000240. The minimum Gasteiger partial charge on any atom is -0.394 e. The molecule has 156 valence electrons. The Hall–Kier alpha value is -1.30. The van der Waals surface area contributed by atoms with Crippen LogP contribution in [0.3, 0.4) is 0 Å². The first-order valence-electron chi connectivity index (χ1n) is 9.79. The van der Waals surface area contributed by atoms with E-state index in [2.05, 4.69) is 27.3 Å². The molecule has 2 aromatic rings. The molecule has 4 nitrogen and oxygen atoms in total. The van der Waals surface area contributed by atoms with Crippen molar-refractivity contribution in [2.75, 3.05) is 32.1 Å². The van der Waals surface area contributed by atoms with Crippen LogP contribution in [-0.2, 0) is 12.8 Å². The van der Waals surface area contributed by atoms with E-state index in [-0.39, 0.29) is 25.1 Å². The zero-order valence-corrected chi connectivity index (χ0v) is 18.7. The number of benzene rings is 1. The number of aryl methyl sites for hydroxylation is 1. The topological polar surface area (TPSA) is 48.4 Å². The third kappa shape index (κ3) is 4.57. The largest absolute Gasteiger partial charge is 0.394 e. The van der Waals surface area contributed by atoms with Gasteiger partial charge in [0.2, 0.25) is 0 Å². The lowest BCUT2D eigenvalue weighted by molar-refractivity contribution is 0.138. The van der Waals surface area contributed by atoms with Gasteiger partial charge in [-0.2, -0.15) is 0 Å². The third-order valence-electron chi connectivity index (χ3n) is 5.85. The van der Waals surface area contributed by atoms with E-state index in [9.17, 15) is 5.11 Å². The van der Waals surface area contributed by atoms with Crippen LogP contribution < -0.4 is 5.32 Å². The summed E-state index contributed by atoms with van der Waals surface area (Å²) in [7, 11) is 1.83. The number of anilines is 1. The lowest BCUT2D eigenvalue weighted by Crippen LogP contribution is -2.43. The Morgan fingerprint density at radius 1 is 1.24 bits per heavy atom. The first-order chi connectivity index (χ1) is 13.6. The lowest BCUT2D eigenvalue weighted by Gasteiger charge is -2.36. The van der Waals surface area contributed by atoms with Crippen molar-refractivity contribution in [2.24, 2.45) is 0 Å². The quantitative estimate of drug-likeness (QED) is 0.654. The van der Waals surface area contributed by atoms with Crippen LogP contribution in [0.5, 0.6) is 0 Å². The summed E-state index contributed by atoms with van der Waals surface area (Å²) in [5.41, 5.74) is 6.42. The monoisotopic (exact) mass is 453 g/mol. The maximum atomic E-state index is 10.1. The molecule has 0 saturated heterocycles. The molecule has 2 heterocycles. The zero-order chi connectivity index (χ0) is 19.7. The van der Waals surface area contributed by atoms with Crippen molar-refractivity contribution in [3.05, 3.63) is 62.8 Å². The van der Waals surface area contributed by atoms with Crippen LogP contribution in [0.15, 0.2) is 35.9 Å². The van der Waals surface area contributed by atoms with E-state index in [1.807, 2.05) is 25.2 Å². The van der Waals surface area contributed by atoms with E-state index in [1.54, 1.807) is 0 Å². The number of nitrogens with zero attached hydrogens (tertiary/aromatic N) is 2. The normalized spacial score (nSPS) is 18.3. The minimum atomic E-state index is 0. The third-order valence-corrected chi connectivity index (χ3v) is 6.39. The Morgan fingerprint density at radius 3 is 2.83 bits per heavy atom. The van der Waals surface area contributed by atoms with Crippen molar-refractivity contribution in [1.82, 2.24) is 9.88 Å². The van der Waals surface area contributed by atoms with Crippen LogP contribution in [0.2, 0.25) is 10.0 Å². The maximum Gasteiger partial charge on any atom is 0.144 e. The summed E-state index contributed by atoms with van der Waals surface area (Å²) in [6.45, 7) is 2.06. The molecule has 0 fully saturated rings. The van der Waals surface area contributed by atoms with Crippen molar-refractivity contribution in [1.29, 1.82) is 0 Å². The number of halogens is 3. The summed E-state index contributed by atoms with van der Waals surface area (Å²) in [4.78, 5) is 6.99. The molecule has 29 heavy (non-hydrogen) atoms. The van der Waals surface area contributed by atoms with Gasteiger partial charge in [-0.25, -0.2) is 4.98 Å². The van der Waals surface area contributed by atoms with Crippen molar-refractivity contribution >= 4 is 47.0 Å². The zero-order valence-electron chi connectivity index (χ0n) is 16.4. The molecule has 1 aromatic heterocycles. The molecule has 1 aliphatic carbocycles. The molecule has 0 amide bonds. The number of aromatic nitrogens is 1. The highest BCUT2D eigenvalue weighted by Gasteiger charge is 2.33. The van der Waals surface area contributed by atoms with Gasteiger partial charge in [-0.3, -0.25) is 4.90 Å². The smallest absolute Gasteiger partial charge is 0.144 e. The predicted octanol–water partition coefficient (Wildman–Crippen LogP) is 4.86. The average Bonchev–Trinajstić information content (AvgIpc) is 3.06. The number of pyridine rings is 1. The molecule has 0 spiro atoms. The minimum absolute atomic E-state index is 0. The second-order valence-electron chi connectivity index (χ2n) is 7.45. The van der Waals surface area contributed by atoms with Crippen LogP contribution in [0.4, 0.5) is 5.82 Å². The maximum absolute atomic E-state index is 10.1. The van der Waals surface area contributed by atoms with Gasteiger partial charge in [0.1, 0.15) is 5.82 Å². The van der Waals surface area contributed by atoms with Gasteiger partial charge in [0.15, 0.2) is 0 Å². The number of fused-ring (bicyclic) bond motifs is 2. The molecule has 1 unspecified atom stereocenters. The van der Waals surface area contributed by atoms with Crippen LogP contribution in [0.25, 0.3) is 5.57 Å². The van der Waals surface area contributed by atoms with Crippen molar-refractivity contribution in [3.8, 4) is 0 Å². The summed E-state index contributed by atoms with van der Waals surface area (Å²) in [6, 6.07) is 10.1. The van der Waals surface area contributed by atoms with Gasteiger partial charge in [0, 0.05) is 24.3 Å². The molecule has 0 saturated carbocycles. The molecule has 1 atom stereocenters. The molecule has 1 aromatic carbocycles. The first-order valence-corrected chi connectivity index (χ1v) is 10.5. The fourth-order valence-electron chi connectivity index (χ4n) is 4.47. The first kappa shape index (κ1) is 22.4. The molecule has 4 rings (SSSR count). The SMILES string of the molecule is CNc1nc(CCCN2CCC3=C(Cc4ccc(Cl)cc43)C2CO)ccc1Cl.Cl. The van der Waals surface area contributed by atoms with Gasteiger partial charge >= 0.3 is 0 Å². The fourth-order valence-corrected chi connectivity index (χ4v) is 4.84. The van der Waals surface area contributed by atoms with Gasteiger partial charge in [-0.15, -0.1) is 12.4 Å². The summed E-state index contributed by atoms with van der Waals surface area (Å²) >= 11 is 12.3. The predicted molar refractivity (Wildman–Crippen MR) is 124 cm³/mol. The number of aliphatic hydroxyl groups is 1. The highest BCUT2D eigenvalue weighted by Crippen LogP contribution is 2.41. The second-order valence-corrected chi connectivity index (χ2v) is 8.30. The molecule has 0 bridgehead atoms. The number of rotatable bonds is 6. The summed E-state index contributed by atoms with van der Waals surface area (Å²) in [5, 5.41) is 14.6. The second kappa shape index (κ2) is 9.67. The molecule has 1 aliphatic heterocycles. The molecular weight excluding hydrogens is 429 g/mol. The number of nitrogens with one attached hydrogen (secondary N) is 1. The summed E-state index contributed by atoms with van der Waals surface area (Å²) in [6.07, 6.45) is 3.83. The van der Waals surface area contributed by atoms with E-state index in [1.165, 1.54) is 22.3 Å². The number of hydrogen-bond acceptors (Lipinski definition) is 4. The van der Waals surface area contributed by atoms with Gasteiger partial charge in [-0.1, -0.05) is 29.3 Å². The Morgan fingerprint density at radius 2 is 2.07 bits per heavy atom. The molecular formula is C22H26Cl3N3O. The van der Waals surface area contributed by atoms with Gasteiger partial charge in [0.05, 0.1) is 17.7 Å². The Kier molecular flexibility index (Phi) is 7.47. The van der Waals surface area contributed by atoms with Gasteiger partial charge < -0.3 is 10.4 Å². The van der Waals surface area contributed by atoms with E-state index in [0.717, 1.165) is 55.3 Å². The van der Waals surface area contributed by atoms with Crippen LogP contribution in [0, 0.1) is 0 Å². The van der Waals surface area contributed by atoms with E-state index in [4.69, 9.17) is 23.2 Å². The Labute approximate surface area is 188 Å². The number of hydrogen-bond donors (Lipinski definition) is 2. The van der Waals surface area contributed by atoms with E-state index < -0.39 is 0 Å². The van der Waals surface area contributed by atoms with Crippen LogP contribution in [0.1, 0.15) is 29.7 Å². The van der Waals surface area contributed by atoms with Crippen molar-refractivity contribution < 1.29 is 5.11 Å². The average molecular weight is 455 g/mol. The Bertz CT molecular complexity index is 916. The fraction of sp³-hybridized carbons (Fsp3) is 0.409. The summed E-state index contributed by atoms with van der Waals surface area (Å²) in [5.74, 6) is 0.725. The van der Waals surface area contributed by atoms with Crippen molar-refractivity contribution in [2.45, 2.75) is 31.7 Å². The van der Waals surface area contributed by atoms with Crippen LogP contribution >= 0.6 is 35.6 Å². The lowest BCUT2D eigenvalue weighted by atomic mass is 9.93. The van der Waals surface area contributed by atoms with E-state index in [0.29, 0.717) is 5.02 Å². The number of aliphatic hydroxyl groups excluding tert-OH is 1. The standard InChI is InChI=1S/C22H25Cl2N3O.ClH/c1-25-22-20(24)7-6-16(26-22)3-2-9-27-10-8-17-18-12-15(23)5-4-14(18)11-19(17)21(27)13-28;/h4-7,12,21,28H,2-3,8-11,13H2,1H3,(H,25,26);1H. The van der Waals surface area contributed by atoms with Crippen LogP contribution in [-0.4, -0.2) is 47.8 Å². The van der Waals surface area contributed by atoms with Gasteiger partial charge in [0.25, 0.3) is 0 Å². The molecule has 2 aliphatic rings. The van der Waals surface area contributed by atoms with E-state index >= 15 is 0 Å². The molecule has 2 N–H and O–H groups in total. The van der Waals surface area contributed by atoms with Gasteiger partial charge in [-0.05, 0) is 78.8 Å². The summed E-state index contributed by atoms with van der Waals surface area (Å²) < 4.78 is 0. The highest BCUT2D eigenvalue weighted by atomic mass is 35.5. The van der Waals surface area contributed by atoms with Crippen molar-refractivity contribution in [3.63, 3.8) is 0 Å². The highest BCUT2D eigenvalue weighted by molar-refractivity contribution is 6.32. The molecule has 0 radical (unpaired) electrons.